The zero-order valence-corrected chi connectivity index (χ0v) is 16.0. The third-order valence-electron chi connectivity index (χ3n) is 5.26. The highest BCUT2D eigenvalue weighted by Gasteiger charge is 2.26. The fourth-order valence-corrected chi connectivity index (χ4v) is 3.58. The summed E-state index contributed by atoms with van der Waals surface area (Å²) in [6.07, 6.45) is 3.29. The molecular weight excluding hydrogens is 360 g/mol. The summed E-state index contributed by atoms with van der Waals surface area (Å²) in [6, 6.07) is 5.32. The number of furan rings is 1. The molecule has 2 aliphatic rings. The van der Waals surface area contributed by atoms with Gasteiger partial charge < -0.3 is 24.0 Å². The monoisotopic (exact) mass is 384 g/mol. The normalized spacial score (nSPS) is 17.8. The molecular formula is C19H24N6O3. The molecule has 2 saturated heterocycles. The van der Waals surface area contributed by atoms with Gasteiger partial charge in [-0.1, -0.05) is 0 Å². The van der Waals surface area contributed by atoms with Gasteiger partial charge in [-0.15, -0.1) is 0 Å². The molecule has 0 aromatic carbocycles. The minimum Gasteiger partial charge on any atom is -0.459 e. The molecule has 0 bridgehead atoms. The maximum atomic E-state index is 12.4. The molecule has 148 valence electrons. The Kier molecular flexibility index (Phi) is 5.14. The van der Waals surface area contributed by atoms with Crippen molar-refractivity contribution in [2.24, 2.45) is 0 Å². The van der Waals surface area contributed by atoms with Crippen molar-refractivity contribution in [3.63, 3.8) is 0 Å². The molecule has 28 heavy (non-hydrogen) atoms. The Morgan fingerprint density at radius 3 is 2.25 bits per heavy atom. The maximum absolute atomic E-state index is 12.4. The number of carbonyl (C=O) groups excluding carboxylic acids is 2. The van der Waals surface area contributed by atoms with Gasteiger partial charge >= 0.3 is 0 Å². The van der Waals surface area contributed by atoms with E-state index in [0.717, 1.165) is 18.9 Å². The topological polar surface area (TPSA) is 86.0 Å². The number of nitrogens with zero attached hydrogens (tertiary/aromatic N) is 6. The third-order valence-corrected chi connectivity index (χ3v) is 5.26. The van der Waals surface area contributed by atoms with Crippen LogP contribution in [0.1, 0.15) is 17.5 Å². The predicted octanol–water partition coefficient (Wildman–Crippen LogP) is 0.700. The second-order valence-electron chi connectivity index (χ2n) is 6.96. The van der Waals surface area contributed by atoms with Crippen LogP contribution in [0, 0.1) is 0 Å². The lowest BCUT2D eigenvalue weighted by Crippen LogP contribution is -2.50. The van der Waals surface area contributed by atoms with Gasteiger partial charge in [0.2, 0.25) is 11.9 Å². The van der Waals surface area contributed by atoms with Crippen molar-refractivity contribution in [1.29, 1.82) is 0 Å². The molecule has 0 saturated carbocycles. The molecule has 2 fully saturated rings. The van der Waals surface area contributed by atoms with Gasteiger partial charge in [0.05, 0.1) is 6.26 Å². The molecule has 0 spiro atoms. The van der Waals surface area contributed by atoms with Crippen molar-refractivity contribution >= 4 is 23.6 Å². The van der Waals surface area contributed by atoms with Crippen molar-refractivity contribution in [2.45, 2.75) is 6.92 Å². The standard InChI is InChI=1S/C19H24N6O3/c1-15(26)22-6-8-23(9-7-22)17-4-5-20-19(21-17)25-12-10-24(11-13-25)18(27)16-3-2-14-28-16/h2-5,14H,6-13H2,1H3. The van der Waals surface area contributed by atoms with Gasteiger partial charge in [-0.25, -0.2) is 4.98 Å². The number of amides is 2. The lowest BCUT2D eigenvalue weighted by molar-refractivity contribution is -0.129. The lowest BCUT2D eigenvalue weighted by Gasteiger charge is -2.36. The number of hydrogen-bond donors (Lipinski definition) is 0. The van der Waals surface area contributed by atoms with Gasteiger partial charge in [0.1, 0.15) is 5.82 Å². The van der Waals surface area contributed by atoms with Crippen LogP contribution < -0.4 is 9.80 Å². The van der Waals surface area contributed by atoms with Crippen LogP contribution in [-0.4, -0.2) is 83.9 Å². The van der Waals surface area contributed by atoms with Crippen LogP contribution in [0.4, 0.5) is 11.8 Å². The van der Waals surface area contributed by atoms with E-state index in [1.165, 1.54) is 6.26 Å². The minimum absolute atomic E-state index is 0.0809. The first kappa shape index (κ1) is 18.3. The largest absolute Gasteiger partial charge is 0.459 e. The number of anilines is 2. The fraction of sp³-hybridized carbons (Fsp3) is 0.474. The average molecular weight is 384 g/mol. The number of carbonyl (C=O) groups is 2. The summed E-state index contributed by atoms with van der Waals surface area (Å²) in [7, 11) is 0. The SMILES string of the molecule is CC(=O)N1CCN(c2ccnc(N3CCN(C(=O)c4ccco4)CC3)n2)CC1. The molecule has 2 aromatic heterocycles. The molecule has 2 aliphatic heterocycles. The first-order valence-corrected chi connectivity index (χ1v) is 9.53. The minimum atomic E-state index is -0.0809. The molecule has 0 radical (unpaired) electrons. The van der Waals surface area contributed by atoms with E-state index in [-0.39, 0.29) is 11.8 Å². The molecule has 4 heterocycles. The van der Waals surface area contributed by atoms with E-state index in [1.54, 1.807) is 30.2 Å². The first-order chi connectivity index (χ1) is 13.6. The highest BCUT2D eigenvalue weighted by Crippen LogP contribution is 2.19. The first-order valence-electron chi connectivity index (χ1n) is 9.53. The summed E-state index contributed by atoms with van der Waals surface area (Å²) in [5, 5.41) is 0. The van der Waals surface area contributed by atoms with E-state index in [4.69, 9.17) is 9.40 Å². The molecule has 0 unspecified atom stereocenters. The summed E-state index contributed by atoms with van der Waals surface area (Å²) >= 11 is 0. The van der Waals surface area contributed by atoms with Crippen LogP contribution in [0.5, 0.6) is 0 Å². The highest BCUT2D eigenvalue weighted by atomic mass is 16.3. The Labute approximate surface area is 163 Å². The van der Waals surface area contributed by atoms with Crippen LogP contribution in [-0.2, 0) is 4.79 Å². The van der Waals surface area contributed by atoms with Crippen LogP contribution in [0.15, 0.2) is 35.1 Å². The van der Waals surface area contributed by atoms with Crippen molar-refractivity contribution < 1.29 is 14.0 Å². The molecule has 9 heteroatoms. The van der Waals surface area contributed by atoms with Gasteiger partial charge in [-0.3, -0.25) is 9.59 Å². The van der Waals surface area contributed by atoms with Gasteiger partial charge in [0.15, 0.2) is 5.76 Å². The summed E-state index contributed by atoms with van der Waals surface area (Å²) in [6.45, 7) is 7.11. The van der Waals surface area contributed by atoms with Gasteiger partial charge in [-0.05, 0) is 18.2 Å². The molecule has 0 atom stereocenters. The van der Waals surface area contributed by atoms with Crippen molar-refractivity contribution in [3.8, 4) is 0 Å². The second kappa shape index (κ2) is 7.87. The van der Waals surface area contributed by atoms with Crippen LogP contribution in [0.3, 0.4) is 0 Å². The van der Waals surface area contributed by atoms with E-state index in [9.17, 15) is 9.59 Å². The molecule has 0 aliphatic carbocycles. The van der Waals surface area contributed by atoms with E-state index >= 15 is 0 Å². The Hall–Kier alpha value is -3.10. The van der Waals surface area contributed by atoms with Crippen molar-refractivity contribution in [2.75, 3.05) is 62.2 Å². The van der Waals surface area contributed by atoms with Crippen molar-refractivity contribution in [3.05, 3.63) is 36.4 Å². The molecule has 0 N–H and O–H groups in total. The molecule has 2 aromatic rings. The zero-order chi connectivity index (χ0) is 19.5. The summed E-state index contributed by atoms with van der Waals surface area (Å²) in [4.78, 5) is 41.0. The van der Waals surface area contributed by atoms with Gasteiger partial charge in [0, 0.05) is 65.5 Å². The van der Waals surface area contributed by atoms with Crippen molar-refractivity contribution in [1.82, 2.24) is 19.8 Å². The summed E-state index contributed by atoms with van der Waals surface area (Å²) in [5.41, 5.74) is 0. The van der Waals surface area contributed by atoms with E-state index < -0.39 is 0 Å². The Bertz CT molecular complexity index is 824. The highest BCUT2D eigenvalue weighted by molar-refractivity contribution is 5.91. The lowest BCUT2D eigenvalue weighted by atomic mass is 10.3. The summed E-state index contributed by atoms with van der Waals surface area (Å²) in [5.74, 6) is 1.96. The molecule has 4 rings (SSSR count). The molecule has 9 nitrogen and oxygen atoms in total. The van der Waals surface area contributed by atoms with Crippen LogP contribution >= 0.6 is 0 Å². The number of piperazine rings is 2. The second-order valence-corrected chi connectivity index (χ2v) is 6.96. The fourth-order valence-electron chi connectivity index (χ4n) is 3.58. The van der Waals surface area contributed by atoms with Crippen LogP contribution in [0.25, 0.3) is 0 Å². The number of aromatic nitrogens is 2. The third kappa shape index (κ3) is 3.78. The maximum Gasteiger partial charge on any atom is 0.289 e. The molecule has 2 amide bonds. The quantitative estimate of drug-likeness (QED) is 0.770. The zero-order valence-electron chi connectivity index (χ0n) is 16.0. The Morgan fingerprint density at radius 2 is 1.61 bits per heavy atom. The smallest absolute Gasteiger partial charge is 0.289 e. The van der Waals surface area contributed by atoms with Crippen LogP contribution in [0.2, 0.25) is 0 Å². The number of hydrogen-bond acceptors (Lipinski definition) is 7. The Morgan fingerprint density at radius 1 is 0.929 bits per heavy atom. The van der Waals surface area contributed by atoms with Gasteiger partial charge in [0.25, 0.3) is 5.91 Å². The van der Waals surface area contributed by atoms with E-state index in [1.807, 2.05) is 11.0 Å². The van der Waals surface area contributed by atoms with Gasteiger partial charge in [-0.2, -0.15) is 4.98 Å². The summed E-state index contributed by atoms with van der Waals surface area (Å²) < 4.78 is 5.21. The Balaban J connectivity index is 1.36. The van der Waals surface area contributed by atoms with E-state index in [0.29, 0.717) is 51.0 Å². The number of rotatable bonds is 3. The average Bonchev–Trinajstić information content (AvgIpc) is 3.28. The van der Waals surface area contributed by atoms with E-state index in [2.05, 4.69) is 14.8 Å². The predicted molar refractivity (Wildman–Crippen MR) is 103 cm³/mol.